The van der Waals surface area contributed by atoms with E-state index in [1.807, 2.05) is 0 Å². The van der Waals surface area contributed by atoms with E-state index in [0.717, 1.165) is 25.1 Å². The molecule has 0 aromatic heterocycles. The van der Waals surface area contributed by atoms with Crippen LogP contribution in [0.5, 0.6) is 0 Å². The molecule has 4 heteroatoms. The molecule has 0 spiro atoms. The molecule has 1 aliphatic rings. The number of carbonyl (C=O) groups is 1. The fourth-order valence-corrected chi connectivity index (χ4v) is 1.02. The lowest BCUT2D eigenvalue weighted by molar-refractivity contribution is -0.131. The average molecular weight is 199 g/mol. The molecule has 0 bridgehead atoms. The van der Waals surface area contributed by atoms with Gasteiger partial charge >= 0.3 is 5.97 Å². The van der Waals surface area contributed by atoms with E-state index in [1.165, 1.54) is 12.8 Å². The summed E-state index contributed by atoms with van der Waals surface area (Å²) in [6.45, 7) is 2.94. The summed E-state index contributed by atoms with van der Waals surface area (Å²) in [7, 11) is 0. The van der Waals surface area contributed by atoms with Gasteiger partial charge in [-0.25, -0.2) is 4.79 Å². The minimum Gasteiger partial charge on any atom is -0.478 e. The zero-order valence-corrected chi connectivity index (χ0v) is 8.24. The van der Waals surface area contributed by atoms with Gasteiger partial charge < -0.3 is 15.2 Å². The molecule has 1 saturated carbocycles. The normalized spacial score (nSPS) is 16.3. The second-order valence-corrected chi connectivity index (χ2v) is 3.46. The summed E-state index contributed by atoms with van der Waals surface area (Å²) in [6.07, 6.45) is 5.35. The summed E-state index contributed by atoms with van der Waals surface area (Å²) in [6, 6.07) is 0. The van der Waals surface area contributed by atoms with Crippen molar-refractivity contribution in [1.82, 2.24) is 5.32 Å². The molecule has 0 saturated heterocycles. The largest absolute Gasteiger partial charge is 0.478 e. The maximum Gasteiger partial charge on any atom is 0.328 e. The highest BCUT2D eigenvalue weighted by Crippen LogP contribution is 2.28. The van der Waals surface area contributed by atoms with Crippen LogP contribution in [0.2, 0.25) is 0 Å². The van der Waals surface area contributed by atoms with Gasteiger partial charge in [0.25, 0.3) is 0 Å². The molecule has 0 atom stereocenters. The van der Waals surface area contributed by atoms with Gasteiger partial charge in [-0.15, -0.1) is 0 Å². The lowest BCUT2D eigenvalue weighted by Crippen LogP contribution is -2.20. The highest BCUT2D eigenvalue weighted by Gasteiger charge is 2.20. The van der Waals surface area contributed by atoms with Crippen molar-refractivity contribution in [2.75, 3.05) is 26.3 Å². The lowest BCUT2D eigenvalue weighted by Gasteiger charge is -2.02. The van der Waals surface area contributed by atoms with Crippen LogP contribution in [0.1, 0.15) is 12.8 Å². The van der Waals surface area contributed by atoms with E-state index in [0.29, 0.717) is 13.2 Å². The summed E-state index contributed by atoms with van der Waals surface area (Å²) < 4.78 is 5.38. The summed E-state index contributed by atoms with van der Waals surface area (Å²) >= 11 is 0. The zero-order chi connectivity index (χ0) is 10.2. The van der Waals surface area contributed by atoms with E-state index in [2.05, 4.69) is 5.32 Å². The first-order chi connectivity index (χ1) is 6.79. The van der Waals surface area contributed by atoms with E-state index in [4.69, 9.17) is 9.84 Å². The number of rotatable bonds is 8. The molecule has 14 heavy (non-hydrogen) atoms. The van der Waals surface area contributed by atoms with E-state index < -0.39 is 5.97 Å². The van der Waals surface area contributed by atoms with Gasteiger partial charge in [0.2, 0.25) is 0 Å². The first-order valence-electron chi connectivity index (χ1n) is 4.97. The monoisotopic (exact) mass is 199 g/mol. The number of carboxylic acids is 1. The van der Waals surface area contributed by atoms with Gasteiger partial charge in [0, 0.05) is 25.8 Å². The SMILES string of the molecule is O=C(O)/C=C/CNCCOCC1CC1. The van der Waals surface area contributed by atoms with Crippen molar-refractivity contribution >= 4 is 5.97 Å². The smallest absolute Gasteiger partial charge is 0.328 e. The third-order valence-corrected chi connectivity index (χ3v) is 2.00. The van der Waals surface area contributed by atoms with Crippen LogP contribution >= 0.6 is 0 Å². The molecule has 1 aliphatic carbocycles. The van der Waals surface area contributed by atoms with E-state index in [-0.39, 0.29) is 0 Å². The molecule has 0 unspecified atom stereocenters. The van der Waals surface area contributed by atoms with Crippen molar-refractivity contribution in [2.45, 2.75) is 12.8 Å². The highest BCUT2D eigenvalue weighted by atomic mass is 16.5. The van der Waals surface area contributed by atoms with E-state index in [1.54, 1.807) is 6.08 Å². The fraction of sp³-hybridized carbons (Fsp3) is 0.700. The quantitative estimate of drug-likeness (QED) is 0.445. The number of nitrogens with one attached hydrogen (secondary N) is 1. The molecule has 0 amide bonds. The highest BCUT2D eigenvalue weighted by molar-refractivity contribution is 5.79. The molecule has 0 aromatic carbocycles. The van der Waals surface area contributed by atoms with Crippen LogP contribution in [0.3, 0.4) is 0 Å². The third-order valence-electron chi connectivity index (χ3n) is 2.00. The Balaban J connectivity index is 1.76. The summed E-state index contributed by atoms with van der Waals surface area (Å²) in [4.78, 5) is 10.1. The number of ether oxygens (including phenoxy) is 1. The Morgan fingerprint density at radius 2 is 2.36 bits per heavy atom. The van der Waals surface area contributed by atoms with Gasteiger partial charge in [0.05, 0.1) is 6.61 Å². The van der Waals surface area contributed by atoms with Crippen molar-refractivity contribution in [3.63, 3.8) is 0 Å². The second kappa shape index (κ2) is 6.56. The minimum atomic E-state index is -0.906. The molecular weight excluding hydrogens is 182 g/mol. The van der Waals surface area contributed by atoms with E-state index >= 15 is 0 Å². The summed E-state index contributed by atoms with van der Waals surface area (Å²) in [5, 5.41) is 11.3. The van der Waals surface area contributed by atoms with Crippen molar-refractivity contribution in [2.24, 2.45) is 5.92 Å². The van der Waals surface area contributed by atoms with Crippen LogP contribution in [0.25, 0.3) is 0 Å². The van der Waals surface area contributed by atoms with Crippen molar-refractivity contribution in [3.05, 3.63) is 12.2 Å². The van der Waals surface area contributed by atoms with Gasteiger partial charge in [0.1, 0.15) is 0 Å². The maximum absolute atomic E-state index is 10.1. The van der Waals surface area contributed by atoms with Gasteiger partial charge in [-0.05, 0) is 18.8 Å². The van der Waals surface area contributed by atoms with E-state index in [9.17, 15) is 4.79 Å². The van der Waals surface area contributed by atoms with Gasteiger partial charge in [-0.2, -0.15) is 0 Å². The number of carboxylic acid groups (broad SMARTS) is 1. The Bertz CT molecular complexity index is 200. The molecule has 0 radical (unpaired) electrons. The van der Waals surface area contributed by atoms with Crippen molar-refractivity contribution in [3.8, 4) is 0 Å². The topological polar surface area (TPSA) is 58.6 Å². The molecule has 1 rings (SSSR count). The van der Waals surface area contributed by atoms with Gasteiger partial charge in [-0.3, -0.25) is 0 Å². The molecule has 0 aliphatic heterocycles. The van der Waals surface area contributed by atoms with Crippen LogP contribution in [0, 0.1) is 5.92 Å². The molecule has 1 fully saturated rings. The Kier molecular flexibility index (Phi) is 5.25. The molecule has 2 N–H and O–H groups in total. The fourth-order valence-electron chi connectivity index (χ4n) is 1.02. The number of hydrogen-bond donors (Lipinski definition) is 2. The number of aliphatic carboxylic acids is 1. The number of hydrogen-bond acceptors (Lipinski definition) is 3. The minimum absolute atomic E-state index is 0.582. The van der Waals surface area contributed by atoms with Crippen LogP contribution in [-0.2, 0) is 9.53 Å². The first kappa shape index (κ1) is 11.2. The Morgan fingerprint density at radius 1 is 1.57 bits per heavy atom. The predicted molar refractivity (Wildman–Crippen MR) is 53.2 cm³/mol. The van der Waals surface area contributed by atoms with Crippen molar-refractivity contribution in [1.29, 1.82) is 0 Å². The van der Waals surface area contributed by atoms with Crippen LogP contribution in [-0.4, -0.2) is 37.4 Å². The predicted octanol–water partition coefficient (Wildman–Crippen LogP) is 0.643. The van der Waals surface area contributed by atoms with Crippen LogP contribution in [0.15, 0.2) is 12.2 Å². The molecule has 0 heterocycles. The zero-order valence-electron chi connectivity index (χ0n) is 8.24. The van der Waals surface area contributed by atoms with Crippen LogP contribution in [0.4, 0.5) is 0 Å². The Labute approximate surface area is 83.9 Å². The third kappa shape index (κ3) is 6.62. The van der Waals surface area contributed by atoms with Crippen molar-refractivity contribution < 1.29 is 14.6 Å². The maximum atomic E-state index is 10.1. The molecule has 4 nitrogen and oxygen atoms in total. The van der Waals surface area contributed by atoms with Gasteiger partial charge in [-0.1, -0.05) is 6.08 Å². The molecule has 0 aromatic rings. The molecular formula is C10H17NO3. The molecule has 80 valence electrons. The Morgan fingerprint density at radius 3 is 3.00 bits per heavy atom. The Hall–Kier alpha value is -0.870. The standard InChI is InChI=1S/C10H17NO3/c12-10(13)2-1-5-11-6-7-14-8-9-3-4-9/h1-2,9,11H,3-8H2,(H,12,13)/b2-1+. The second-order valence-electron chi connectivity index (χ2n) is 3.46. The lowest BCUT2D eigenvalue weighted by atomic mass is 10.4. The summed E-state index contributed by atoms with van der Waals surface area (Å²) in [5.74, 6) is -0.0984. The average Bonchev–Trinajstić information content (AvgIpc) is 2.92. The van der Waals surface area contributed by atoms with Crippen LogP contribution < -0.4 is 5.32 Å². The van der Waals surface area contributed by atoms with Gasteiger partial charge in [0.15, 0.2) is 0 Å². The summed E-state index contributed by atoms with van der Waals surface area (Å²) in [5.41, 5.74) is 0. The first-order valence-corrected chi connectivity index (χ1v) is 4.97.